The molecule has 20 heavy (non-hydrogen) atoms. The molecule has 0 bridgehead atoms. The third-order valence-corrected chi connectivity index (χ3v) is 4.30. The van der Waals surface area contributed by atoms with E-state index in [4.69, 9.17) is 0 Å². The van der Waals surface area contributed by atoms with Gasteiger partial charge in [0.1, 0.15) is 5.54 Å². The first kappa shape index (κ1) is 17.4. The maximum Gasteiger partial charge on any atom is 0.323 e. The van der Waals surface area contributed by atoms with Crippen LogP contribution in [0.3, 0.4) is 0 Å². The number of carboxylic acids is 1. The Kier molecular flexibility index (Phi) is 6.96. The van der Waals surface area contributed by atoms with Crippen molar-refractivity contribution in [3.63, 3.8) is 0 Å². The summed E-state index contributed by atoms with van der Waals surface area (Å²) in [6, 6.07) is 0.435. The van der Waals surface area contributed by atoms with Gasteiger partial charge >= 0.3 is 5.97 Å². The van der Waals surface area contributed by atoms with Crippen LogP contribution in [0, 0.1) is 5.92 Å². The topological polar surface area (TPSA) is 52.6 Å². The SMILES string of the molecule is CCC(CCCN(C)CCC(C)C)(NC1CC1)C(=O)O. The van der Waals surface area contributed by atoms with E-state index in [1.54, 1.807) is 0 Å². The molecule has 0 amide bonds. The van der Waals surface area contributed by atoms with Crippen LogP contribution in [0.15, 0.2) is 0 Å². The number of hydrogen-bond donors (Lipinski definition) is 2. The van der Waals surface area contributed by atoms with Crippen molar-refractivity contribution in [3.05, 3.63) is 0 Å². The van der Waals surface area contributed by atoms with Crippen LogP contribution in [0.25, 0.3) is 0 Å². The van der Waals surface area contributed by atoms with Gasteiger partial charge in [0, 0.05) is 6.04 Å². The van der Waals surface area contributed by atoms with Crippen LogP contribution in [0.1, 0.15) is 59.3 Å². The molecule has 0 heterocycles. The lowest BCUT2D eigenvalue weighted by Crippen LogP contribution is -2.53. The van der Waals surface area contributed by atoms with Gasteiger partial charge in [-0.05, 0) is 64.6 Å². The van der Waals surface area contributed by atoms with Gasteiger partial charge in [0.15, 0.2) is 0 Å². The molecule has 0 aliphatic heterocycles. The molecule has 0 radical (unpaired) electrons. The van der Waals surface area contributed by atoms with Crippen molar-refractivity contribution in [2.75, 3.05) is 20.1 Å². The largest absolute Gasteiger partial charge is 0.480 e. The quantitative estimate of drug-likeness (QED) is 0.612. The number of nitrogens with one attached hydrogen (secondary N) is 1. The Bertz CT molecular complexity index is 303. The first-order valence-electron chi connectivity index (χ1n) is 8.09. The van der Waals surface area contributed by atoms with E-state index >= 15 is 0 Å². The van der Waals surface area contributed by atoms with E-state index in [0.29, 0.717) is 12.5 Å². The third kappa shape index (κ3) is 5.80. The van der Waals surface area contributed by atoms with E-state index in [2.05, 4.69) is 31.1 Å². The minimum Gasteiger partial charge on any atom is -0.480 e. The molecule has 1 saturated carbocycles. The molecule has 1 atom stereocenters. The number of rotatable bonds is 11. The maximum atomic E-state index is 11.6. The van der Waals surface area contributed by atoms with Crippen LogP contribution in [0.4, 0.5) is 0 Å². The van der Waals surface area contributed by atoms with E-state index in [9.17, 15) is 9.90 Å². The molecule has 1 rings (SSSR count). The molecule has 1 unspecified atom stereocenters. The van der Waals surface area contributed by atoms with E-state index in [-0.39, 0.29) is 0 Å². The zero-order valence-corrected chi connectivity index (χ0v) is 13.6. The predicted molar refractivity (Wildman–Crippen MR) is 83.0 cm³/mol. The van der Waals surface area contributed by atoms with Crippen molar-refractivity contribution in [2.45, 2.75) is 70.9 Å². The Labute approximate surface area is 123 Å². The highest BCUT2D eigenvalue weighted by atomic mass is 16.4. The average Bonchev–Trinajstić information content (AvgIpc) is 3.18. The summed E-state index contributed by atoms with van der Waals surface area (Å²) in [4.78, 5) is 13.9. The first-order chi connectivity index (χ1) is 9.39. The molecule has 0 aromatic carbocycles. The smallest absolute Gasteiger partial charge is 0.323 e. The summed E-state index contributed by atoms with van der Waals surface area (Å²) in [6.45, 7) is 8.53. The third-order valence-electron chi connectivity index (χ3n) is 4.30. The fourth-order valence-corrected chi connectivity index (χ4v) is 2.53. The molecular weight excluding hydrogens is 252 g/mol. The second kappa shape index (κ2) is 7.99. The van der Waals surface area contributed by atoms with Crippen molar-refractivity contribution in [1.82, 2.24) is 10.2 Å². The van der Waals surface area contributed by atoms with Crippen LogP contribution < -0.4 is 5.32 Å². The number of carbonyl (C=O) groups is 1. The zero-order valence-electron chi connectivity index (χ0n) is 13.6. The van der Waals surface area contributed by atoms with Crippen molar-refractivity contribution in [3.8, 4) is 0 Å². The summed E-state index contributed by atoms with van der Waals surface area (Å²) in [6.07, 6.45) is 5.78. The molecule has 2 N–H and O–H groups in total. The van der Waals surface area contributed by atoms with Gasteiger partial charge in [-0.1, -0.05) is 20.8 Å². The van der Waals surface area contributed by atoms with Crippen LogP contribution in [-0.4, -0.2) is 47.7 Å². The summed E-state index contributed by atoms with van der Waals surface area (Å²) >= 11 is 0. The Morgan fingerprint density at radius 2 is 2.05 bits per heavy atom. The second-order valence-electron chi connectivity index (χ2n) is 6.75. The van der Waals surface area contributed by atoms with E-state index < -0.39 is 11.5 Å². The van der Waals surface area contributed by atoms with Crippen LogP contribution >= 0.6 is 0 Å². The fraction of sp³-hybridized carbons (Fsp3) is 0.938. The minimum atomic E-state index is -0.708. The highest BCUT2D eigenvalue weighted by Gasteiger charge is 2.40. The lowest BCUT2D eigenvalue weighted by atomic mass is 9.90. The summed E-state index contributed by atoms with van der Waals surface area (Å²) in [7, 11) is 2.13. The molecule has 1 fully saturated rings. The minimum absolute atomic E-state index is 0.435. The van der Waals surface area contributed by atoms with Gasteiger partial charge in [-0.15, -0.1) is 0 Å². The monoisotopic (exact) mass is 284 g/mol. The average molecular weight is 284 g/mol. The van der Waals surface area contributed by atoms with Crippen LogP contribution in [0.5, 0.6) is 0 Å². The Hall–Kier alpha value is -0.610. The molecule has 118 valence electrons. The van der Waals surface area contributed by atoms with Crippen LogP contribution in [0.2, 0.25) is 0 Å². The van der Waals surface area contributed by atoms with Gasteiger partial charge in [-0.2, -0.15) is 0 Å². The molecular formula is C16H32N2O2. The fourth-order valence-electron chi connectivity index (χ4n) is 2.53. The maximum absolute atomic E-state index is 11.6. The summed E-state index contributed by atoms with van der Waals surface area (Å²) in [5, 5.41) is 12.9. The highest BCUT2D eigenvalue weighted by molar-refractivity contribution is 5.78. The van der Waals surface area contributed by atoms with Crippen molar-refractivity contribution < 1.29 is 9.90 Å². The Balaban J connectivity index is 2.36. The molecule has 1 aliphatic rings. The van der Waals surface area contributed by atoms with Gasteiger partial charge in [0.2, 0.25) is 0 Å². The molecule has 1 aliphatic carbocycles. The summed E-state index contributed by atoms with van der Waals surface area (Å²) in [5.74, 6) is 0.0412. The first-order valence-corrected chi connectivity index (χ1v) is 8.09. The van der Waals surface area contributed by atoms with Gasteiger partial charge in [0.05, 0.1) is 0 Å². The Morgan fingerprint density at radius 1 is 1.40 bits per heavy atom. The van der Waals surface area contributed by atoms with Crippen molar-refractivity contribution in [1.29, 1.82) is 0 Å². The summed E-state index contributed by atoms with van der Waals surface area (Å²) in [5.41, 5.74) is -0.708. The summed E-state index contributed by atoms with van der Waals surface area (Å²) < 4.78 is 0. The van der Waals surface area contributed by atoms with Crippen molar-refractivity contribution in [2.24, 2.45) is 5.92 Å². The van der Waals surface area contributed by atoms with Gasteiger partial charge in [0.25, 0.3) is 0 Å². The van der Waals surface area contributed by atoms with Crippen molar-refractivity contribution >= 4 is 5.97 Å². The number of aliphatic carboxylic acids is 1. The molecule has 0 aromatic heterocycles. The molecule has 0 saturated heterocycles. The van der Waals surface area contributed by atoms with E-state index in [1.807, 2.05) is 6.92 Å². The Morgan fingerprint density at radius 3 is 2.50 bits per heavy atom. The van der Waals surface area contributed by atoms with Gasteiger partial charge in [-0.25, -0.2) is 0 Å². The molecule has 4 nitrogen and oxygen atoms in total. The standard InChI is InChI=1S/C16H32N2O2/c1-5-16(15(19)20,17-14-7-8-14)10-6-11-18(4)12-9-13(2)3/h13-14,17H,5-12H2,1-4H3,(H,19,20). The van der Waals surface area contributed by atoms with Gasteiger partial charge < -0.3 is 10.0 Å². The lowest BCUT2D eigenvalue weighted by Gasteiger charge is -2.30. The zero-order chi connectivity index (χ0) is 15.2. The highest BCUT2D eigenvalue weighted by Crippen LogP contribution is 2.27. The lowest BCUT2D eigenvalue weighted by molar-refractivity contribution is -0.145. The van der Waals surface area contributed by atoms with E-state index in [0.717, 1.165) is 44.7 Å². The molecule has 0 spiro atoms. The predicted octanol–water partition coefficient (Wildman–Crippen LogP) is 2.73. The number of nitrogens with zero attached hydrogens (tertiary/aromatic N) is 1. The normalized spacial score (nSPS) is 18.5. The number of hydrogen-bond acceptors (Lipinski definition) is 3. The molecule has 4 heteroatoms. The number of carboxylic acid groups (broad SMARTS) is 1. The van der Waals surface area contributed by atoms with Crippen LogP contribution in [-0.2, 0) is 4.79 Å². The second-order valence-corrected chi connectivity index (χ2v) is 6.75. The molecule has 0 aromatic rings. The van der Waals surface area contributed by atoms with E-state index in [1.165, 1.54) is 6.42 Å². The van der Waals surface area contributed by atoms with Gasteiger partial charge in [-0.3, -0.25) is 10.1 Å².